The number of nitrogens with zero attached hydrogens (tertiary/aromatic N) is 2. The second kappa shape index (κ2) is 8.55. The lowest BCUT2D eigenvalue weighted by atomic mass is 9.96. The minimum atomic E-state index is -0.655. The van der Waals surface area contributed by atoms with E-state index in [1.165, 1.54) is 4.90 Å². The Morgan fingerprint density at radius 2 is 1.90 bits per heavy atom. The first-order valence-electron chi connectivity index (χ1n) is 9.82. The van der Waals surface area contributed by atoms with Gasteiger partial charge in [0.15, 0.2) is 0 Å². The van der Waals surface area contributed by atoms with Crippen LogP contribution < -0.4 is 4.90 Å². The predicted molar refractivity (Wildman–Crippen MR) is 106 cm³/mol. The number of quaternary nitrogens is 1. The van der Waals surface area contributed by atoms with E-state index in [0.29, 0.717) is 30.9 Å². The molecule has 0 spiro atoms. The van der Waals surface area contributed by atoms with Gasteiger partial charge >= 0.3 is 0 Å². The van der Waals surface area contributed by atoms with Gasteiger partial charge in [-0.15, -0.1) is 0 Å². The minimum absolute atomic E-state index is 0.117. The van der Waals surface area contributed by atoms with Gasteiger partial charge in [-0.25, -0.2) is 0 Å². The van der Waals surface area contributed by atoms with Crippen molar-refractivity contribution < 1.29 is 24.3 Å². The summed E-state index contributed by atoms with van der Waals surface area (Å²) < 4.78 is 5.39. The van der Waals surface area contributed by atoms with Crippen molar-refractivity contribution in [1.82, 2.24) is 9.88 Å². The van der Waals surface area contributed by atoms with Gasteiger partial charge in [0, 0.05) is 18.0 Å². The third-order valence-electron chi connectivity index (χ3n) is 5.49. The zero-order valence-electron chi connectivity index (χ0n) is 16.1. The molecule has 2 saturated heterocycles. The average Bonchev–Trinajstić information content (AvgIpc) is 3.04. The number of amides is 1. The summed E-state index contributed by atoms with van der Waals surface area (Å²) in [6.45, 7) is 4.31. The molecule has 0 bridgehead atoms. The van der Waals surface area contributed by atoms with E-state index in [-0.39, 0.29) is 11.3 Å². The number of aliphatic hydroxyl groups is 1. The van der Waals surface area contributed by atoms with Crippen LogP contribution in [0, 0.1) is 0 Å². The Morgan fingerprint density at radius 1 is 1.14 bits per heavy atom. The van der Waals surface area contributed by atoms with Crippen LogP contribution in [-0.2, 0) is 14.3 Å². The van der Waals surface area contributed by atoms with E-state index in [2.05, 4.69) is 4.98 Å². The second-order valence-electron chi connectivity index (χ2n) is 7.26. The maximum Gasteiger partial charge on any atom is 0.295 e. The molecule has 7 heteroatoms. The van der Waals surface area contributed by atoms with E-state index in [9.17, 15) is 14.7 Å². The molecule has 1 atom stereocenters. The zero-order valence-corrected chi connectivity index (χ0v) is 16.1. The van der Waals surface area contributed by atoms with Gasteiger partial charge in [-0.1, -0.05) is 36.4 Å². The van der Waals surface area contributed by atoms with Crippen molar-refractivity contribution in [2.24, 2.45) is 0 Å². The fourth-order valence-electron chi connectivity index (χ4n) is 3.94. The number of carbonyl (C=O) groups excluding carboxylic acids is 2. The maximum atomic E-state index is 12.9. The van der Waals surface area contributed by atoms with Crippen molar-refractivity contribution >= 4 is 17.4 Å². The molecular weight excluding hydrogens is 370 g/mol. The summed E-state index contributed by atoms with van der Waals surface area (Å²) in [6.07, 6.45) is 3.29. The first kappa shape index (κ1) is 19.3. The summed E-state index contributed by atoms with van der Waals surface area (Å²) in [6, 6.07) is 11.8. The lowest BCUT2D eigenvalue weighted by Gasteiger charge is -2.29. The number of morpholine rings is 1. The Hall–Kier alpha value is -3.03. The number of aliphatic hydroxyl groups excluding tert-OH is 1. The molecule has 0 unspecified atom stereocenters. The third-order valence-corrected chi connectivity index (χ3v) is 5.49. The Kier molecular flexibility index (Phi) is 5.69. The van der Waals surface area contributed by atoms with E-state index >= 15 is 0 Å². The highest BCUT2D eigenvalue weighted by atomic mass is 16.5. The number of ether oxygens (including phenoxy) is 1. The van der Waals surface area contributed by atoms with Gasteiger partial charge in [0.2, 0.25) is 0 Å². The molecule has 2 fully saturated rings. The molecule has 4 rings (SSSR count). The molecule has 2 aliphatic heterocycles. The van der Waals surface area contributed by atoms with Crippen molar-refractivity contribution in [2.75, 3.05) is 39.4 Å². The number of benzene rings is 1. The van der Waals surface area contributed by atoms with Crippen LogP contribution >= 0.6 is 0 Å². The molecule has 0 radical (unpaired) electrons. The van der Waals surface area contributed by atoms with Gasteiger partial charge in [0.05, 0.1) is 37.9 Å². The molecule has 29 heavy (non-hydrogen) atoms. The van der Waals surface area contributed by atoms with Crippen molar-refractivity contribution in [1.29, 1.82) is 0 Å². The minimum Gasteiger partial charge on any atom is -0.507 e. The number of aromatic nitrogens is 1. The van der Waals surface area contributed by atoms with Crippen molar-refractivity contribution in [3.8, 4) is 0 Å². The first-order valence-corrected chi connectivity index (χ1v) is 9.82. The molecule has 2 aliphatic rings. The summed E-state index contributed by atoms with van der Waals surface area (Å²) >= 11 is 0. The zero-order chi connectivity index (χ0) is 20.2. The van der Waals surface area contributed by atoms with E-state index in [0.717, 1.165) is 19.6 Å². The predicted octanol–water partition coefficient (Wildman–Crippen LogP) is 0.418. The first-order chi connectivity index (χ1) is 14.2. The summed E-state index contributed by atoms with van der Waals surface area (Å²) in [7, 11) is 0. The quantitative estimate of drug-likeness (QED) is 0.436. The van der Waals surface area contributed by atoms with Gasteiger partial charge in [-0.2, -0.15) is 0 Å². The third kappa shape index (κ3) is 3.92. The van der Waals surface area contributed by atoms with E-state index < -0.39 is 17.7 Å². The highest BCUT2D eigenvalue weighted by molar-refractivity contribution is 6.46. The Bertz CT molecular complexity index is 908. The Labute approximate surface area is 169 Å². The molecular formula is C22H24N3O4+. The normalized spacial score (nSPS) is 22.2. The lowest BCUT2D eigenvalue weighted by Crippen LogP contribution is -3.14. The second-order valence-corrected chi connectivity index (χ2v) is 7.26. The van der Waals surface area contributed by atoms with Gasteiger partial charge in [0.1, 0.15) is 18.8 Å². The maximum absolute atomic E-state index is 12.9. The van der Waals surface area contributed by atoms with Gasteiger partial charge in [-0.05, 0) is 11.6 Å². The number of hydrogen-bond donors (Lipinski definition) is 2. The number of hydrogen-bond acceptors (Lipinski definition) is 5. The number of likely N-dealkylation sites (tertiary alicyclic amines) is 1. The topological polar surface area (TPSA) is 84.2 Å². The number of pyridine rings is 1. The molecule has 1 aromatic heterocycles. The molecule has 7 nitrogen and oxygen atoms in total. The number of carbonyl (C=O) groups is 2. The van der Waals surface area contributed by atoms with Crippen molar-refractivity contribution in [2.45, 2.75) is 6.04 Å². The van der Waals surface area contributed by atoms with Crippen LogP contribution in [0.3, 0.4) is 0 Å². The van der Waals surface area contributed by atoms with Crippen LogP contribution in [0.1, 0.15) is 17.2 Å². The molecule has 3 heterocycles. The van der Waals surface area contributed by atoms with Crippen LogP contribution in [0.2, 0.25) is 0 Å². The Morgan fingerprint density at radius 3 is 2.59 bits per heavy atom. The summed E-state index contributed by atoms with van der Waals surface area (Å²) in [5.74, 6) is -1.39. The highest BCUT2D eigenvalue weighted by Crippen LogP contribution is 2.38. The smallest absolute Gasteiger partial charge is 0.295 e. The van der Waals surface area contributed by atoms with E-state index in [1.807, 2.05) is 12.1 Å². The fraction of sp³-hybridized carbons (Fsp3) is 0.318. The largest absolute Gasteiger partial charge is 0.507 e. The Balaban J connectivity index is 1.70. The van der Waals surface area contributed by atoms with Crippen LogP contribution in [0.5, 0.6) is 0 Å². The molecule has 2 N–H and O–H groups in total. The number of nitrogens with one attached hydrogen (secondary N) is 1. The van der Waals surface area contributed by atoms with Gasteiger partial charge in [-0.3, -0.25) is 14.6 Å². The molecule has 2 aromatic rings. The summed E-state index contributed by atoms with van der Waals surface area (Å²) in [5, 5.41) is 10.9. The average molecular weight is 394 g/mol. The van der Waals surface area contributed by atoms with Crippen molar-refractivity contribution in [3.05, 3.63) is 71.6 Å². The van der Waals surface area contributed by atoms with Crippen molar-refractivity contribution in [3.63, 3.8) is 0 Å². The van der Waals surface area contributed by atoms with Gasteiger partial charge in [0.25, 0.3) is 11.7 Å². The van der Waals surface area contributed by atoms with Crippen LogP contribution in [0.25, 0.3) is 5.76 Å². The monoisotopic (exact) mass is 394 g/mol. The summed E-state index contributed by atoms with van der Waals surface area (Å²) in [5.41, 5.74) is 1.34. The number of ketones is 1. The van der Waals surface area contributed by atoms with Crippen LogP contribution in [-0.4, -0.2) is 66.1 Å². The van der Waals surface area contributed by atoms with E-state index in [1.54, 1.807) is 47.6 Å². The number of rotatable bonds is 5. The standard InChI is InChI=1S/C22H23N3O4/c26-20(16-5-2-1-3-6-16)18-19(17-7-4-8-23-15-17)25(22(28)21(18)27)10-9-24-11-13-29-14-12-24/h1-8,15,19,26H,9-14H2/p+1/t19-/m1/s1. The van der Waals surface area contributed by atoms with Gasteiger partial charge < -0.3 is 19.6 Å². The van der Waals surface area contributed by atoms with E-state index in [4.69, 9.17) is 4.74 Å². The number of Topliss-reactive ketones (excluding diaryl/α,β-unsaturated/α-hetero) is 1. The lowest BCUT2D eigenvalue weighted by molar-refractivity contribution is -0.907. The summed E-state index contributed by atoms with van der Waals surface area (Å²) in [4.78, 5) is 32.9. The molecule has 0 aliphatic carbocycles. The molecule has 0 saturated carbocycles. The SMILES string of the molecule is O=C1C(=O)N(CC[NH+]2CCOCC2)[C@H](c2cccnc2)C1=C(O)c1ccccc1. The molecule has 150 valence electrons. The molecule has 1 aromatic carbocycles. The van der Waals surface area contributed by atoms with Crippen LogP contribution in [0.15, 0.2) is 60.4 Å². The van der Waals surface area contributed by atoms with Crippen LogP contribution in [0.4, 0.5) is 0 Å². The fourth-order valence-corrected chi connectivity index (χ4v) is 3.94. The molecule has 1 amide bonds. The highest BCUT2D eigenvalue weighted by Gasteiger charge is 2.46.